The van der Waals surface area contributed by atoms with E-state index in [9.17, 15) is 9.59 Å². The molecular formula is C40H48O9Si2. The van der Waals surface area contributed by atoms with Gasteiger partial charge in [-0.1, -0.05) is 71.3 Å². The summed E-state index contributed by atoms with van der Waals surface area (Å²) in [4.78, 5) is 26.6. The number of allylic oxidation sites excluding steroid dienone is 1. The lowest BCUT2D eigenvalue weighted by Gasteiger charge is -2.34. The van der Waals surface area contributed by atoms with Gasteiger partial charge in [-0.15, -0.1) is 0 Å². The number of fused-ring (bicyclic) bond motifs is 3. The number of hydrogen-bond acceptors (Lipinski definition) is 9. The fourth-order valence-electron chi connectivity index (χ4n) is 7.43. The Bertz CT molecular complexity index is 1890. The molecule has 0 bridgehead atoms. The summed E-state index contributed by atoms with van der Waals surface area (Å²) in [5.41, 5.74) is 1.66. The quantitative estimate of drug-likeness (QED) is 0.0829. The van der Waals surface area contributed by atoms with E-state index in [-0.39, 0.29) is 6.61 Å². The molecule has 2 aliphatic heterocycles. The van der Waals surface area contributed by atoms with Gasteiger partial charge in [0.05, 0.1) is 7.11 Å². The van der Waals surface area contributed by atoms with Gasteiger partial charge >= 0.3 is 12.1 Å². The van der Waals surface area contributed by atoms with Gasteiger partial charge in [-0.2, -0.15) is 0 Å². The zero-order valence-corrected chi connectivity index (χ0v) is 32.9. The summed E-state index contributed by atoms with van der Waals surface area (Å²) in [5.74, 6) is 13.4. The van der Waals surface area contributed by atoms with Crippen molar-refractivity contribution in [1.82, 2.24) is 0 Å². The smallest absolute Gasteiger partial charge is 0.508 e. The van der Waals surface area contributed by atoms with Crippen LogP contribution in [0.4, 0.5) is 4.79 Å². The maximum atomic E-state index is 14.8. The van der Waals surface area contributed by atoms with Crippen LogP contribution in [0, 0.1) is 30.6 Å². The summed E-state index contributed by atoms with van der Waals surface area (Å²) in [6, 6.07) is 13.2. The number of epoxide rings is 1. The summed E-state index contributed by atoms with van der Waals surface area (Å²) < 4.78 is 42.6. The van der Waals surface area contributed by atoms with E-state index in [0.717, 1.165) is 52.8 Å². The Morgan fingerprint density at radius 3 is 2.31 bits per heavy atom. The summed E-state index contributed by atoms with van der Waals surface area (Å²) in [6.07, 6.45) is 0.292. The fraction of sp³-hybridized carbons (Fsp3) is 0.500. The number of carbonyl (C=O) groups is 2. The molecule has 9 nitrogen and oxygen atoms in total. The van der Waals surface area contributed by atoms with Gasteiger partial charge in [0.25, 0.3) is 8.32 Å². The summed E-state index contributed by atoms with van der Waals surface area (Å²) in [6.45, 7) is 15.0. The van der Waals surface area contributed by atoms with Crippen molar-refractivity contribution in [3.05, 3.63) is 58.7 Å². The van der Waals surface area contributed by atoms with Crippen LogP contribution in [0.25, 0.3) is 10.8 Å². The fourth-order valence-corrected chi connectivity index (χ4v) is 12.8. The van der Waals surface area contributed by atoms with Gasteiger partial charge in [-0.3, -0.25) is 0 Å². The van der Waals surface area contributed by atoms with E-state index >= 15 is 0 Å². The summed E-state index contributed by atoms with van der Waals surface area (Å²) in [7, 11) is -2.81. The topological polar surface area (TPSA) is 102 Å². The van der Waals surface area contributed by atoms with Gasteiger partial charge in [-0.25, -0.2) is 9.59 Å². The second kappa shape index (κ2) is 14.6. The van der Waals surface area contributed by atoms with Gasteiger partial charge in [0.15, 0.2) is 26.6 Å². The lowest BCUT2D eigenvalue weighted by molar-refractivity contribution is 0.0170. The molecule has 270 valence electrons. The Morgan fingerprint density at radius 2 is 1.69 bits per heavy atom. The van der Waals surface area contributed by atoms with Crippen molar-refractivity contribution < 1.29 is 42.1 Å². The van der Waals surface area contributed by atoms with E-state index in [2.05, 4.69) is 65.2 Å². The van der Waals surface area contributed by atoms with Crippen LogP contribution in [-0.2, 0) is 23.4 Å². The van der Waals surface area contributed by atoms with Crippen molar-refractivity contribution in [3.63, 3.8) is 0 Å². The minimum Gasteiger partial charge on any atom is -0.543 e. The van der Waals surface area contributed by atoms with Crippen LogP contribution in [0.3, 0.4) is 0 Å². The third-order valence-corrected chi connectivity index (χ3v) is 20.5. The van der Waals surface area contributed by atoms with Crippen molar-refractivity contribution in [2.75, 3.05) is 13.7 Å². The van der Waals surface area contributed by atoms with Crippen molar-refractivity contribution in [1.29, 1.82) is 0 Å². The zero-order chi connectivity index (χ0) is 36.6. The molecule has 0 unspecified atom stereocenters. The molecule has 0 spiro atoms. The highest BCUT2D eigenvalue weighted by Crippen LogP contribution is 2.44. The Labute approximate surface area is 303 Å². The molecule has 2 saturated heterocycles. The van der Waals surface area contributed by atoms with Crippen LogP contribution in [0.2, 0.25) is 36.3 Å². The first-order valence-electron chi connectivity index (χ1n) is 18.2. The summed E-state index contributed by atoms with van der Waals surface area (Å²) in [5, 5.41) is 1.63. The Balaban J connectivity index is 1.45. The molecule has 5 atom stereocenters. The van der Waals surface area contributed by atoms with Gasteiger partial charge in [0.2, 0.25) is 5.60 Å². The Kier molecular flexibility index (Phi) is 10.5. The molecule has 0 aromatic heterocycles. The number of carbonyl (C=O) groups excluding carboxylic acids is 2. The zero-order valence-electron chi connectivity index (χ0n) is 30.9. The van der Waals surface area contributed by atoms with Gasteiger partial charge in [0, 0.05) is 16.5 Å². The number of ether oxygens (including phenoxy) is 5. The number of methoxy groups -OCH3 is 1. The third-order valence-electron chi connectivity index (χ3n) is 11.3. The molecule has 11 heteroatoms. The first-order chi connectivity index (χ1) is 24.5. The number of aryl methyl sites for hydroxylation is 1. The molecule has 0 saturated carbocycles. The van der Waals surface area contributed by atoms with Gasteiger partial charge < -0.3 is 32.5 Å². The Hall–Kier alpha value is -4.01. The van der Waals surface area contributed by atoms with E-state index in [1.165, 1.54) is 0 Å². The normalized spacial score (nSPS) is 25.8. The lowest BCUT2D eigenvalue weighted by Crippen LogP contribution is -2.44. The van der Waals surface area contributed by atoms with Crippen LogP contribution in [0.5, 0.6) is 11.5 Å². The molecule has 2 fully saturated rings. The number of esters is 1. The van der Waals surface area contributed by atoms with Crippen molar-refractivity contribution in [2.45, 2.75) is 115 Å². The van der Waals surface area contributed by atoms with Crippen molar-refractivity contribution in [2.24, 2.45) is 0 Å². The Morgan fingerprint density at radius 1 is 0.980 bits per heavy atom. The molecule has 0 radical (unpaired) electrons. The van der Waals surface area contributed by atoms with Crippen molar-refractivity contribution in [3.8, 4) is 35.2 Å². The largest absolute Gasteiger partial charge is 0.543 e. The minimum absolute atomic E-state index is 0.0343. The maximum absolute atomic E-state index is 14.8. The number of cyclic esters (lactones) is 2. The molecule has 0 amide bonds. The molecule has 4 aliphatic rings. The SMILES string of the molecule is CC[Si](CC)(CC)Oc1ccc2c(C)cc(OC)cc2c1C(=O)O[C@@H]1C=C2C#C[C@]3([C@H]4COC(=O)O4)O[C@@H]3C#C/C=C\2[C@H]1O[Si](CC)(CC)CC. The molecule has 2 heterocycles. The van der Waals surface area contributed by atoms with Crippen LogP contribution < -0.4 is 9.16 Å². The van der Waals surface area contributed by atoms with Crippen LogP contribution >= 0.6 is 0 Å². The van der Waals surface area contributed by atoms with E-state index in [1.54, 1.807) is 13.2 Å². The van der Waals surface area contributed by atoms with E-state index in [0.29, 0.717) is 28.0 Å². The monoisotopic (exact) mass is 728 g/mol. The summed E-state index contributed by atoms with van der Waals surface area (Å²) >= 11 is 0. The number of rotatable bonds is 14. The van der Waals surface area contributed by atoms with E-state index < -0.39 is 58.8 Å². The molecule has 51 heavy (non-hydrogen) atoms. The average Bonchev–Trinajstić information content (AvgIpc) is 3.47. The highest BCUT2D eigenvalue weighted by Gasteiger charge is 2.65. The highest BCUT2D eigenvalue weighted by molar-refractivity contribution is 6.74. The average molecular weight is 729 g/mol. The molecule has 2 aromatic carbocycles. The standard InChI is InChI=1S/C40H48O9Si2/c1-9-50(10-2,11-3)48-32-19-18-29-26(7)22-28(43-8)24-31(29)36(32)38(41)45-33-23-27-20-21-40(35-25-44-39(42)46-35)34(47-40)17-15-16-30(27)37(33)49-51(12-4,13-5)14-6/h16,18-19,22-24,33-35,37H,9-14,25H2,1-8H3/b30-16+/t33-,34-,35-,37-,40+/m1/s1. The molecule has 2 aliphatic carbocycles. The second-order valence-electron chi connectivity index (χ2n) is 13.7. The molecule has 2 aromatic rings. The first-order valence-corrected chi connectivity index (χ1v) is 23.3. The van der Waals surface area contributed by atoms with E-state index in [4.69, 9.17) is 32.5 Å². The maximum Gasteiger partial charge on any atom is 0.508 e. The van der Waals surface area contributed by atoms with E-state index in [1.807, 2.05) is 37.3 Å². The minimum atomic E-state index is -2.24. The molecule has 6 rings (SSSR count). The number of benzene rings is 2. The predicted molar refractivity (Wildman–Crippen MR) is 200 cm³/mol. The van der Waals surface area contributed by atoms with Gasteiger partial charge in [-0.05, 0) is 84.5 Å². The highest BCUT2D eigenvalue weighted by atomic mass is 28.4. The third kappa shape index (κ3) is 6.73. The van der Waals surface area contributed by atoms with Gasteiger partial charge in [0.1, 0.15) is 29.8 Å². The van der Waals surface area contributed by atoms with Crippen LogP contribution in [-0.4, -0.2) is 72.5 Å². The molecular weight excluding hydrogens is 681 g/mol. The second-order valence-corrected chi connectivity index (χ2v) is 23.1. The molecule has 0 N–H and O–H groups in total. The van der Waals surface area contributed by atoms with Crippen molar-refractivity contribution >= 4 is 39.5 Å². The van der Waals surface area contributed by atoms with Crippen LogP contribution in [0.1, 0.15) is 57.5 Å². The lowest BCUT2D eigenvalue weighted by atomic mass is 9.98. The first kappa shape index (κ1) is 36.8. The van der Waals surface area contributed by atoms with Crippen LogP contribution in [0.15, 0.2) is 47.6 Å². The predicted octanol–water partition coefficient (Wildman–Crippen LogP) is 8.02. The number of hydrogen-bond donors (Lipinski definition) is 0.